The molecule has 0 radical (unpaired) electrons. The summed E-state index contributed by atoms with van der Waals surface area (Å²) in [6, 6.07) is 7.98. The van der Waals surface area contributed by atoms with E-state index >= 15 is 0 Å². The van der Waals surface area contributed by atoms with Gasteiger partial charge in [0.15, 0.2) is 5.58 Å². The fraction of sp³-hybridized carbons (Fsp3) is 0.267. The molecule has 1 aromatic carbocycles. The van der Waals surface area contributed by atoms with Crippen LogP contribution in [0.4, 0.5) is 6.01 Å². The lowest BCUT2D eigenvalue weighted by atomic mass is 10.2. The summed E-state index contributed by atoms with van der Waals surface area (Å²) in [6.07, 6.45) is 1.75. The molecule has 0 atom stereocenters. The first-order chi connectivity index (χ1) is 10.2. The van der Waals surface area contributed by atoms with Crippen molar-refractivity contribution >= 4 is 23.3 Å². The van der Waals surface area contributed by atoms with Crippen molar-refractivity contribution in [3.05, 3.63) is 41.2 Å². The van der Waals surface area contributed by atoms with E-state index in [9.17, 15) is 0 Å². The minimum atomic E-state index is 0.380. The second-order valence-electron chi connectivity index (χ2n) is 4.76. The van der Waals surface area contributed by atoms with Gasteiger partial charge in [0.25, 0.3) is 0 Å². The van der Waals surface area contributed by atoms with E-state index in [1.807, 2.05) is 42.8 Å². The molecule has 0 bridgehead atoms. The van der Waals surface area contributed by atoms with Gasteiger partial charge in [0.1, 0.15) is 5.52 Å². The number of hydrazone groups is 1. The van der Waals surface area contributed by atoms with Gasteiger partial charge in [0.2, 0.25) is 0 Å². The van der Waals surface area contributed by atoms with Crippen LogP contribution in [0.3, 0.4) is 0 Å². The van der Waals surface area contributed by atoms with Crippen molar-refractivity contribution in [2.75, 3.05) is 5.43 Å². The number of benzene rings is 1. The van der Waals surface area contributed by atoms with Crippen LogP contribution in [0.5, 0.6) is 0 Å². The van der Waals surface area contributed by atoms with Crippen molar-refractivity contribution in [1.29, 1.82) is 0 Å². The van der Waals surface area contributed by atoms with Gasteiger partial charge in [-0.3, -0.25) is 4.68 Å². The molecule has 0 unspecified atom stereocenters. The van der Waals surface area contributed by atoms with Gasteiger partial charge in [0.05, 0.1) is 11.9 Å². The van der Waals surface area contributed by atoms with E-state index < -0.39 is 0 Å². The minimum Gasteiger partial charge on any atom is -0.422 e. The monoisotopic (exact) mass is 283 g/mol. The van der Waals surface area contributed by atoms with Crippen molar-refractivity contribution < 1.29 is 4.42 Å². The Morgan fingerprint density at radius 1 is 1.33 bits per heavy atom. The van der Waals surface area contributed by atoms with Crippen LogP contribution in [0, 0.1) is 13.8 Å². The average molecular weight is 283 g/mol. The predicted molar refractivity (Wildman–Crippen MR) is 82.6 cm³/mol. The molecule has 2 heterocycles. The minimum absolute atomic E-state index is 0.380. The maximum atomic E-state index is 5.54. The average Bonchev–Trinajstić information content (AvgIpc) is 3.01. The molecule has 0 fully saturated rings. The molecule has 1 N–H and O–H groups in total. The number of hydrogen-bond donors (Lipinski definition) is 1. The number of aryl methyl sites for hydroxylation is 2. The molecule has 0 spiro atoms. The van der Waals surface area contributed by atoms with E-state index in [1.165, 1.54) is 0 Å². The van der Waals surface area contributed by atoms with E-state index in [0.717, 1.165) is 34.6 Å². The second kappa shape index (κ2) is 5.40. The zero-order valence-electron chi connectivity index (χ0n) is 12.3. The summed E-state index contributed by atoms with van der Waals surface area (Å²) < 4.78 is 7.49. The number of aromatic nitrogens is 3. The highest BCUT2D eigenvalue weighted by Crippen LogP contribution is 2.18. The summed E-state index contributed by atoms with van der Waals surface area (Å²) in [4.78, 5) is 4.30. The molecule has 6 nitrogen and oxygen atoms in total. The van der Waals surface area contributed by atoms with Crippen LogP contribution in [0.1, 0.15) is 23.9 Å². The first-order valence-corrected chi connectivity index (χ1v) is 6.87. The Balaban J connectivity index is 1.79. The third-order valence-electron chi connectivity index (χ3n) is 3.38. The molecular weight excluding hydrogens is 266 g/mol. The standard InChI is InChI=1S/C15H17N5O/c1-4-20-11(3)12(10(2)19-20)9-16-18-15-17-13-7-5-6-8-14(13)21-15/h5-9H,4H2,1-3H3,(H,17,18). The molecule has 3 rings (SSSR count). The molecule has 0 aliphatic heterocycles. The smallest absolute Gasteiger partial charge is 0.316 e. The quantitative estimate of drug-likeness (QED) is 0.590. The number of oxazole rings is 1. The fourth-order valence-electron chi connectivity index (χ4n) is 2.28. The van der Waals surface area contributed by atoms with Crippen LogP contribution in [0.15, 0.2) is 33.8 Å². The van der Waals surface area contributed by atoms with Crippen LogP contribution in [-0.2, 0) is 6.54 Å². The summed E-state index contributed by atoms with van der Waals surface area (Å²) in [5.41, 5.74) is 7.43. The highest BCUT2D eigenvalue weighted by molar-refractivity contribution is 5.83. The Morgan fingerprint density at radius 3 is 2.86 bits per heavy atom. The largest absolute Gasteiger partial charge is 0.422 e. The van der Waals surface area contributed by atoms with Crippen LogP contribution in [-0.4, -0.2) is 21.0 Å². The number of nitrogens with one attached hydrogen (secondary N) is 1. The summed E-state index contributed by atoms with van der Waals surface area (Å²) >= 11 is 0. The zero-order chi connectivity index (χ0) is 14.8. The van der Waals surface area contributed by atoms with E-state index in [1.54, 1.807) is 6.21 Å². The van der Waals surface area contributed by atoms with Crippen LogP contribution in [0.2, 0.25) is 0 Å². The van der Waals surface area contributed by atoms with Crippen LogP contribution >= 0.6 is 0 Å². The molecular formula is C15H17N5O. The Hall–Kier alpha value is -2.63. The topological polar surface area (TPSA) is 68.2 Å². The lowest BCUT2D eigenvalue weighted by Crippen LogP contribution is -1.99. The van der Waals surface area contributed by atoms with Gasteiger partial charge >= 0.3 is 6.01 Å². The fourth-order valence-corrected chi connectivity index (χ4v) is 2.28. The van der Waals surface area contributed by atoms with Crippen LogP contribution in [0.25, 0.3) is 11.1 Å². The lowest BCUT2D eigenvalue weighted by Gasteiger charge is -1.98. The van der Waals surface area contributed by atoms with E-state index in [2.05, 4.69) is 27.5 Å². The third-order valence-corrected chi connectivity index (χ3v) is 3.38. The molecule has 3 aromatic rings. The van der Waals surface area contributed by atoms with Crippen molar-refractivity contribution in [1.82, 2.24) is 14.8 Å². The zero-order valence-corrected chi connectivity index (χ0v) is 12.3. The summed E-state index contributed by atoms with van der Waals surface area (Å²) in [7, 11) is 0. The normalized spacial score (nSPS) is 11.6. The van der Waals surface area contributed by atoms with Crippen molar-refractivity contribution in [3.8, 4) is 0 Å². The molecule has 0 amide bonds. The number of hydrogen-bond acceptors (Lipinski definition) is 5. The third kappa shape index (κ3) is 2.52. The predicted octanol–water partition coefficient (Wildman–Crippen LogP) is 3.11. The maximum Gasteiger partial charge on any atom is 0.316 e. The lowest BCUT2D eigenvalue weighted by molar-refractivity contribution is 0.617. The maximum absolute atomic E-state index is 5.54. The van der Waals surface area contributed by atoms with Gasteiger partial charge in [-0.2, -0.15) is 15.2 Å². The Labute approximate surface area is 122 Å². The SMILES string of the molecule is CCn1nc(C)c(C=NNc2nc3ccccc3o2)c1C. The van der Waals surface area contributed by atoms with E-state index in [4.69, 9.17) is 4.42 Å². The molecule has 0 aliphatic carbocycles. The van der Waals surface area contributed by atoms with E-state index in [-0.39, 0.29) is 0 Å². The Morgan fingerprint density at radius 2 is 2.14 bits per heavy atom. The van der Waals surface area contributed by atoms with Gasteiger partial charge in [0, 0.05) is 17.8 Å². The second-order valence-corrected chi connectivity index (χ2v) is 4.76. The number of anilines is 1. The molecule has 21 heavy (non-hydrogen) atoms. The first kappa shape index (κ1) is 13.4. The molecule has 108 valence electrons. The van der Waals surface area contributed by atoms with E-state index in [0.29, 0.717) is 6.01 Å². The highest BCUT2D eigenvalue weighted by Gasteiger charge is 2.08. The van der Waals surface area contributed by atoms with Gasteiger partial charge in [-0.1, -0.05) is 12.1 Å². The molecule has 0 saturated heterocycles. The summed E-state index contributed by atoms with van der Waals surface area (Å²) in [6.45, 7) is 6.92. The Kier molecular flexibility index (Phi) is 3.43. The molecule has 6 heteroatoms. The first-order valence-electron chi connectivity index (χ1n) is 6.87. The highest BCUT2D eigenvalue weighted by atomic mass is 16.4. The summed E-state index contributed by atoms with van der Waals surface area (Å²) in [5, 5.41) is 8.64. The van der Waals surface area contributed by atoms with Crippen molar-refractivity contribution in [2.45, 2.75) is 27.3 Å². The van der Waals surface area contributed by atoms with Crippen molar-refractivity contribution in [3.63, 3.8) is 0 Å². The van der Waals surface area contributed by atoms with Gasteiger partial charge in [-0.05, 0) is 32.9 Å². The van der Waals surface area contributed by atoms with Gasteiger partial charge < -0.3 is 4.42 Å². The Bertz CT molecular complexity index is 767. The van der Waals surface area contributed by atoms with Crippen LogP contribution < -0.4 is 5.43 Å². The number of nitrogens with zero attached hydrogens (tertiary/aromatic N) is 4. The molecule has 2 aromatic heterocycles. The summed E-state index contributed by atoms with van der Waals surface area (Å²) in [5.74, 6) is 0. The van der Waals surface area contributed by atoms with Gasteiger partial charge in [-0.25, -0.2) is 5.43 Å². The molecule has 0 saturated carbocycles. The number of fused-ring (bicyclic) bond motifs is 1. The number of para-hydroxylation sites is 2. The molecule has 0 aliphatic rings. The number of rotatable bonds is 4. The van der Waals surface area contributed by atoms with Crippen molar-refractivity contribution in [2.24, 2.45) is 5.10 Å². The van der Waals surface area contributed by atoms with Gasteiger partial charge in [-0.15, -0.1) is 0 Å².